The van der Waals surface area contributed by atoms with Crippen LogP contribution in [0.4, 0.5) is 5.13 Å². The number of benzene rings is 1. The Bertz CT molecular complexity index is 504. The van der Waals surface area contributed by atoms with E-state index < -0.39 is 0 Å². The minimum atomic E-state index is 0.456. The summed E-state index contributed by atoms with van der Waals surface area (Å²) < 4.78 is 9.15. The van der Waals surface area contributed by atoms with Crippen LogP contribution >= 0.6 is 34.9 Å². The molecule has 0 bridgehead atoms. The molecule has 2 rings (SSSR count). The third-order valence-corrected chi connectivity index (χ3v) is 4.18. The predicted octanol–water partition coefficient (Wildman–Crippen LogP) is 3.54. The van der Waals surface area contributed by atoms with Gasteiger partial charge in [0.1, 0.15) is 6.61 Å². The highest BCUT2D eigenvalue weighted by molar-refractivity contribution is 7.99. The summed E-state index contributed by atoms with van der Waals surface area (Å²) in [5, 5.41) is 4.85. The van der Waals surface area contributed by atoms with Gasteiger partial charge in [0, 0.05) is 40.9 Å². The predicted molar refractivity (Wildman–Crippen MR) is 81.3 cm³/mol. The van der Waals surface area contributed by atoms with E-state index in [4.69, 9.17) is 16.3 Å². The molecule has 1 aromatic heterocycles. The van der Waals surface area contributed by atoms with E-state index in [0.29, 0.717) is 6.61 Å². The van der Waals surface area contributed by atoms with E-state index in [1.807, 2.05) is 24.3 Å². The van der Waals surface area contributed by atoms with Gasteiger partial charge in [-0.25, -0.2) is 4.98 Å². The maximum atomic E-state index is 5.84. The Morgan fingerprint density at radius 3 is 2.89 bits per heavy atom. The van der Waals surface area contributed by atoms with Crippen molar-refractivity contribution in [1.82, 2.24) is 9.36 Å². The van der Waals surface area contributed by atoms with Gasteiger partial charge in [-0.1, -0.05) is 11.6 Å². The number of hydrogen-bond donors (Lipinski definition) is 1. The Labute approximate surface area is 125 Å². The van der Waals surface area contributed by atoms with E-state index in [-0.39, 0.29) is 0 Å². The number of aromatic nitrogens is 2. The number of methoxy groups -OCH3 is 1. The molecule has 0 spiro atoms. The Balaban J connectivity index is 1.69. The van der Waals surface area contributed by atoms with Gasteiger partial charge >= 0.3 is 0 Å². The maximum Gasteiger partial charge on any atom is 0.202 e. The van der Waals surface area contributed by atoms with Crippen LogP contribution in [-0.2, 0) is 11.3 Å². The lowest BCUT2D eigenvalue weighted by atomic mass is 10.4. The average molecular weight is 316 g/mol. The van der Waals surface area contributed by atoms with E-state index in [9.17, 15) is 0 Å². The van der Waals surface area contributed by atoms with E-state index in [0.717, 1.165) is 28.3 Å². The van der Waals surface area contributed by atoms with Crippen molar-refractivity contribution in [1.29, 1.82) is 0 Å². The van der Waals surface area contributed by atoms with Crippen LogP contribution in [0.3, 0.4) is 0 Å². The third-order valence-electron chi connectivity index (χ3n) is 2.20. The van der Waals surface area contributed by atoms with E-state index in [1.165, 1.54) is 16.4 Å². The third kappa shape index (κ3) is 4.99. The molecular weight excluding hydrogens is 302 g/mol. The highest BCUT2D eigenvalue weighted by atomic mass is 35.5. The summed E-state index contributed by atoms with van der Waals surface area (Å²) in [6, 6.07) is 7.85. The normalized spacial score (nSPS) is 10.6. The monoisotopic (exact) mass is 315 g/mol. The summed E-state index contributed by atoms with van der Waals surface area (Å²) in [6.45, 7) is 1.30. The number of rotatable bonds is 7. The first-order valence-electron chi connectivity index (χ1n) is 5.71. The van der Waals surface area contributed by atoms with Crippen molar-refractivity contribution in [3.05, 3.63) is 35.1 Å². The van der Waals surface area contributed by atoms with Crippen LogP contribution < -0.4 is 5.32 Å². The first-order chi connectivity index (χ1) is 9.28. The number of halogens is 1. The Morgan fingerprint density at radius 1 is 1.37 bits per heavy atom. The summed E-state index contributed by atoms with van der Waals surface area (Å²) in [4.78, 5) is 5.51. The van der Waals surface area contributed by atoms with Crippen LogP contribution in [0.25, 0.3) is 0 Å². The first-order valence-corrected chi connectivity index (χ1v) is 7.85. The molecule has 1 heterocycles. The molecule has 0 amide bonds. The van der Waals surface area contributed by atoms with E-state index in [1.54, 1.807) is 18.9 Å². The van der Waals surface area contributed by atoms with Crippen molar-refractivity contribution in [3.8, 4) is 0 Å². The van der Waals surface area contributed by atoms with Gasteiger partial charge in [-0.3, -0.25) is 0 Å². The highest BCUT2D eigenvalue weighted by Crippen LogP contribution is 2.20. The number of nitrogens with zero attached hydrogens (tertiary/aromatic N) is 2. The molecule has 0 aliphatic rings. The van der Waals surface area contributed by atoms with Gasteiger partial charge in [0.2, 0.25) is 5.13 Å². The van der Waals surface area contributed by atoms with Crippen molar-refractivity contribution in [3.63, 3.8) is 0 Å². The van der Waals surface area contributed by atoms with Gasteiger partial charge in [-0.15, -0.1) is 11.8 Å². The second kappa shape index (κ2) is 7.69. The minimum absolute atomic E-state index is 0.456. The molecule has 102 valence electrons. The molecule has 0 fully saturated rings. The fraction of sp³-hybridized carbons (Fsp3) is 0.333. The van der Waals surface area contributed by atoms with Crippen LogP contribution in [0.2, 0.25) is 5.02 Å². The fourth-order valence-electron chi connectivity index (χ4n) is 1.37. The van der Waals surface area contributed by atoms with Crippen LogP contribution in [0.1, 0.15) is 5.82 Å². The Morgan fingerprint density at radius 2 is 2.16 bits per heavy atom. The molecule has 0 saturated carbocycles. The molecule has 0 aliphatic carbocycles. The molecule has 2 aromatic rings. The smallest absolute Gasteiger partial charge is 0.202 e. The fourth-order valence-corrected chi connectivity index (χ4v) is 2.86. The van der Waals surface area contributed by atoms with Gasteiger partial charge in [-0.2, -0.15) is 4.37 Å². The molecule has 1 aromatic carbocycles. The van der Waals surface area contributed by atoms with Crippen molar-refractivity contribution in [2.45, 2.75) is 11.5 Å². The zero-order valence-electron chi connectivity index (χ0n) is 10.4. The quantitative estimate of drug-likeness (QED) is 0.625. The van der Waals surface area contributed by atoms with E-state index in [2.05, 4.69) is 14.7 Å². The van der Waals surface area contributed by atoms with Gasteiger partial charge in [0.25, 0.3) is 0 Å². The molecule has 0 radical (unpaired) electrons. The van der Waals surface area contributed by atoms with Crippen molar-refractivity contribution < 1.29 is 4.74 Å². The zero-order chi connectivity index (χ0) is 13.5. The van der Waals surface area contributed by atoms with Gasteiger partial charge in [-0.05, 0) is 24.3 Å². The maximum absolute atomic E-state index is 5.84. The highest BCUT2D eigenvalue weighted by Gasteiger charge is 2.02. The van der Waals surface area contributed by atoms with Gasteiger partial charge < -0.3 is 10.1 Å². The molecule has 0 aliphatic heterocycles. The van der Waals surface area contributed by atoms with Crippen molar-refractivity contribution >= 4 is 40.0 Å². The topological polar surface area (TPSA) is 47.0 Å². The molecule has 4 nitrogen and oxygen atoms in total. The van der Waals surface area contributed by atoms with Crippen LogP contribution in [-0.4, -0.2) is 28.8 Å². The number of hydrogen-bond acceptors (Lipinski definition) is 6. The summed E-state index contributed by atoms with van der Waals surface area (Å²) in [6.07, 6.45) is 0. The number of anilines is 1. The molecule has 0 saturated heterocycles. The second-order valence-corrected chi connectivity index (χ2v) is 6.03. The van der Waals surface area contributed by atoms with Crippen LogP contribution in [0, 0.1) is 0 Å². The SMILES string of the molecule is COCc1nsc(NCCSc2ccc(Cl)cc2)n1. The minimum Gasteiger partial charge on any atom is -0.377 e. The summed E-state index contributed by atoms with van der Waals surface area (Å²) >= 11 is 8.97. The Kier molecular flexibility index (Phi) is 5.91. The van der Waals surface area contributed by atoms with Gasteiger partial charge in [0.15, 0.2) is 5.82 Å². The van der Waals surface area contributed by atoms with Gasteiger partial charge in [0.05, 0.1) is 0 Å². The van der Waals surface area contributed by atoms with Crippen molar-refractivity contribution in [2.75, 3.05) is 24.7 Å². The number of nitrogens with one attached hydrogen (secondary N) is 1. The lowest BCUT2D eigenvalue weighted by Crippen LogP contribution is -2.03. The molecular formula is C12H14ClN3OS2. The first kappa shape index (κ1) is 14.6. The van der Waals surface area contributed by atoms with Crippen LogP contribution in [0.5, 0.6) is 0 Å². The van der Waals surface area contributed by atoms with Crippen molar-refractivity contribution in [2.24, 2.45) is 0 Å². The molecule has 1 N–H and O–H groups in total. The molecule has 19 heavy (non-hydrogen) atoms. The lowest BCUT2D eigenvalue weighted by Gasteiger charge is -2.02. The largest absolute Gasteiger partial charge is 0.377 e. The standard InChI is InChI=1S/C12H14ClN3OS2/c1-17-8-11-15-12(19-16-11)14-6-7-18-10-4-2-9(13)3-5-10/h2-5H,6-8H2,1H3,(H,14,15,16). The summed E-state index contributed by atoms with van der Waals surface area (Å²) in [7, 11) is 1.64. The summed E-state index contributed by atoms with van der Waals surface area (Å²) in [5.74, 6) is 1.68. The zero-order valence-corrected chi connectivity index (χ0v) is 12.8. The van der Waals surface area contributed by atoms with Crippen LogP contribution in [0.15, 0.2) is 29.2 Å². The molecule has 7 heteroatoms. The summed E-state index contributed by atoms with van der Waals surface area (Å²) in [5.41, 5.74) is 0. The molecule has 0 atom stereocenters. The van der Waals surface area contributed by atoms with E-state index >= 15 is 0 Å². The number of thioether (sulfide) groups is 1. The Hall–Kier alpha value is -0.820. The second-order valence-electron chi connectivity index (χ2n) is 3.68. The number of ether oxygens (including phenoxy) is 1. The lowest BCUT2D eigenvalue weighted by molar-refractivity contribution is 0.179. The average Bonchev–Trinajstić information content (AvgIpc) is 2.85. The molecule has 0 unspecified atom stereocenters.